The fourth-order valence-corrected chi connectivity index (χ4v) is 2.92. The molecule has 0 bridgehead atoms. The van der Waals surface area contributed by atoms with Gasteiger partial charge in [0, 0.05) is 13.0 Å². The molecule has 0 saturated heterocycles. The molecule has 5 nitrogen and oxygen atoms in total. The molecule has 2 amide bonds. The molecule has 1 aliphatic heterocycles. The Balaban J connectivity index is 1.39. The first kappa shape index (κ1) is 17.9. The molecule has 2 aromatic carbocycles. The maximum atomic E-state index is 12.2. The number of fused-ring (bicyclic) bond motifs is 1. The summed E-state index contributed by atoms with van der Waals surface area (Å²) in [6, 6.07) is 14.8. The minimum Gasteiger partial charge on any atom is -0.466 e. The highest BCUT2D eigenvalue weighted by atomic mass is 16.5. The van der Waals surface area contributed by atoms with Crippen LogP contribution in [0.3, 0.4) is 0 Å². The molecule has 1 aliphatic rings. The Kier molecular flexibility index (Phi) is 5.46. The van der Waals surface area contributed by atoms with E-state index < -0.39 is 0 Å². The number of esters is 1. The maximum Gasteiger partial charge on any atom is 0.306 e. The Bertz CT molecular complexity index is 791. The standard InChI is InChI=1S/C21H21NO4/c1-15-7-9-16(10-8-15)11-12-19(23)26-14-4-13-22-20(24)17-5-2-3-6-18(17)21(22)25/h2-3,5-10H,4,11-14H2,1H3. The zero-order valence-corrected chi connectivity index (χ0v) is 14.7. The van der Waals surface area contributed by atoms with Gasteiger partial charge in [-0.25, -0.2) is 0 Å². The van der Waals surface area contributed by atoms with Crippen molar-refractivity contribution in [3.05, 3.63) is 70.8 Å². The van der Waals surface area contributed by atoms with E-state index in [4.69, 9.17) is 4.74 Å². The molecule has 0 atom stereocenters. The summed E-state index contributed by atoms with van der Waals surface area (Å²) in [6.07, 6.45) is 1.38. The van der Waals surface area contributed by atoms with Crippen LogP contribution in [0.1, 0.15) is 44.7 Å². The third-order valence-corrected chi connectivity index (χ3v) is 4.41. The smallest absolute Gasteiger partial charge is 0.306 e. The number of rotatable bonds is 7. The summed E-state index contributed by atoms with van der Waals surface area (Å²) >= 11 is 0. The Morgan fingerprint density at radius 2 is 1.58 bits per heavy atom. The first-order valence-corrected chi connectivity index (χ1v) is 8.72. The van der Waals surface area contributed by atoms with Crippen molar-refractivity contribution in [2.75, 3.05) is 13.2 Å². The van der Waals surface area contributed by atoms with Gasteiger partial charge in [0.25, 0.3) is 11.8 Å². The van der Waals surface area contributed by atoms with Crippen molar-refractivity contribution < 1.29 is 19.1 Å². The molecule has 0 N–H and O–H groups in total. The molecule has 2 aromatic rings. The van der Waals surface area contributed by atoms with Gasteiger partial charge in [-0.1, -0.05) is 42.0 Å². The normalized spacial score (nSPS) is 13.0. The number of nitrogens with zero attached hydrogens (tertiary/aromatic N) is 1. The van der Waals surface area contributed by atoms with Gasteiger partial charge in [-0.05, 0) is 37.5 Å². The molecule has 0 spiro atoms. The number of benzene rings is 2. The molecule has 26 heavy (non-hydrogen) atoms. The van der Waals surface area contributed by atoms with Crippen LogP contribution in [0.2, 0.25) is 0 Å². The molecular formula is C21H21NO4. The number of hydrogen-bond donors (Lipinski definition) is 0. The van der Waals surface area contributed by atoms with Gasteiger partial charge in [-0.15, -0.1) is 0 Å². The Morgan fingerprint density at radius 1 is 0.962 bits per heavy atom. The highest BCUT2D eigenvalue weighted by Crippen LogP contribution is 2.22. The quantitative estimate of drug-likeness (QED) is 0.437. The van der Waals surface area contributed by atoms with Crippen molar-refractivity contribution in [1.82, 2.24) is 4.90 Å². The van der Waals surface area contributed by atoms with Gasteiger partial charge in [0.15, 0.2) is 0 Å². The molecule has 1 heterocycles. The number of ether oxygens (including phenoxy) is 1. The largest absolute Gasteiger partial charge is 0.466 e. The number of amides is 2. The van der Waals surface area contributed by atoms with Gasteiger partial charge in [0.05, 0.1) is 17.7 Å². The predicted octanol–water partition coefficient (Wildman–Crippen LogP) is 3.16. The molecule has 5 heteroatoms. The van der Waals surface area contributed by atoms with Crippen molar-refractivity contribution in [3.8, 4) is 0 Å². The van der Waals surface area contributed by atoms with E-state index in [0.29, 0.717) is 30.4 Å². The van der Waals surface area contributed by atoms with Gasteiger partial charge >= 0.3 is 5.97 Å². The first-order chi connectivity index (χ1) is 12.6. The topological polar surface area (TPSA) is 63.7 Å². The summed E-state index contributed by atoms with van der Waals surface area (Å²) in [6.45, 7) is 2.46. The minimum atomic E-state index is -0.281. The Hall–Kier alpha value is -2.95. The second kappa shape index (κ2) is 7.95. The van der Waals surface area contributed by atoms with Gasteiger partial charge in [0.1, 0.15) is 0 Å². The van der Waals surface area contributed by atoms with Crippen LogP contribution in [0, 0.1) is 6.92 Å². The van der Waals surface area contributed by atoms with E-state index in [1.807, 2.05) is 31.2 Å². The Labute approximate surface area is 152 Å². The molecule has 0 saturated carbocycles. The summed E-state index contributed by atoms with van der Waals surface area (Å²) in [5, 5.41) is 0. The van der Waals surface area contributed by atoms with Crippen molar-refractivity contribution in [2.45, 2.75) is 26.2 Å². The zero-order chi connectivity index (χ0) is 18.5. The van der Waals surface area contributed by atoms with Crippen LogP contribution < -0.4 is 0 Å². The van der Waals surface area contributed by atoms with Crippen LogP contribution in [0.15, 0.2) is 48.5 Å². The summed E-state index contributed by atoms with van der Waals surface area (Å²) in [4.78, 5) is 37.5. The summed E-state index contributed by atoms with van der Waals surface area (Å²) in [7, 11) is 0. The second-order valence-electron chi connectivity index (χ2n) is 6.37. The Morgan fingerprint density at radius 3 is 2.19 bits per heavy atom. The predicted molar refractivity (Wildman–Crippen MR) is 96.9 cm³/mol. The van der Waals surface area contributed by atoms with E-state index in [2.05, 4.69) is 0 Å². The fourth-order valence-electron chi connectivity index (χ4n) is 2.92. The summed E-state index contributed by atoms with van der Waals surface area (Å²) in [5.74, 6) is -0.833. The van der Waals surface area contributed by atoms with Crippen LogP contribution in [-0.4, -0.2) is 35.8 Å². The average Bonchev–Trinajstić information content (AvgIpc) is 2.89. The third kappa shape index (κ3) is 3.99. The van der Waals surface area contributed by atoms with Gasteiger partial charge in [-0.2, -0.15) is 0 Å². The second-order valence-corrected chi connectivity index (χ2v) is 6.37. The lowest BCUT2D eigenvalue weighted by molar-refractivity contribution is -0.143. The molecule has 0 fully saturated rings. The molecule has 0 aliphatic carbocycles. The van der Waals surface area contributed by atoms with E-state index in [1.165, 1.54) is 10.5 Å². The van der Waals surface area contributed by atoms with E-state index in [1.54, 1.807) is 24.3 Å². The zero-order valence-electron chi connectivity index (χ0n) is 14.7. The van der Waals surface area contributed by atoms with E-state index in [9.17, 15) is 14.4 Å². The lowest BCUT2D eigenvalue weighted by Gasteiger charge is -2.13. The monoisotopic (exact) mass is 351 g/mol. The van der Waals surface area contributed by atoms with E-state index in [-0.39, 0.29) is 30.9 Å². The summed E-state index contributed by atoms with van der Waals surface area (Å²) < 4.78 is 5.21. The highest BCUT2D eigenvalue weighted by molar-refractivity contribution is 6.21. The van der Waals surface area contributed by atoms with Crippen LogP contribution in [0.4, 0.5) is 0 Å². The SMILES string of the molecule is Cc1ccc(CCC(=O)OCCCN2C(=O)c3ccccc3C2=O)cc1. The van der Waals surface area contributed by atoms with E-state index in [0.717, 1.165) is 5.56 Å². The van der Waals surface area contributed by atoms with Gasteiger partial charge in [0.2, 0.25) is 0 Å². The lowest BCUT2D eigenvalue weighted by Crippen LogP contribution is -2.31. The van der Waals surface area contributed by atoms with Crippen LogP contribution in [-0.2, 0) is 16.0 Å². The first-order valence-electron chi connectivity index (χ1n) is 8.72. The number of imide groups is 1. The van der Waals surface area contributed by atoms with Crippen LogP contribution >= 0.6 is 0 Å². The molecule has 0 radical (unpaired) electrons. The number of hydrogen-bond acceptors (Lipinski definition) is 4. The third-order valence-electron chi connectivity index (χ3n) is 4.41. The van der Waals surface area contributed by atoms with Gasteiger partial charge < -0.3 is 4.74 Å². The molecule has 3 rings (SSSR count). The van der Waals surface area contributed by atoms with Crippen molar-refractivity contribution in [3.63, 3.8) is 0 Å². The van der Waals surface area contributed by atoms with Crippen molar-refractivity contribution in [1.29, 1.82) is 0 Å². The molecular weight excluding hydrogens is 330 g/mol. The maximum absolute atomic E-state index is 12.2. The molecule has 134 valence electrons. The van der Waals surface area contributed by atoms with Crippen LogP contribution in [0.5, 0.6) is 0 Å². The van der Waals surface area contributed by atoms with Crippen molar-refractivity contribution >= 4 is 17.8 Å². The number of carbonyl (C=O) groups excluding carboxylic acids is 3. The minimum absolute atomic E-state index is 0.195. The molecule has 0 unspecified atom stereocenters. The number of carbonyl (C=O) groups is 3. The van der Waals surface area contributed by atoms with E-state index >= 15 is 0 Å². The van der Waals surface area contributed by atoms with Gasteiger partial charge in [-0.3, -0.25) is 19.3 Å². The van der Waals surface area contributed by atoms with Crippen molar-refractivity contribution in [2.24, 2.45) is 0 Å². The number of aryl methyl sites for hydroxylation is 2. The lowest BCUT2D eigenvalue weighted by atomic mass is 10.1. The summed E-state index contributed by atoms with van der Waals surface area (Å²) in [5.41, 5.74) is 3.16. The molecule has 0 aromatic heterocycles. The fraction of sp³-hybridized carbons (Fsp3) is 0.286. The average molecular weight is 351 g/mol. The highest BCUT2D eigenvalue weighted by Gasteiger charge is 2.34. The van der Waals surface area contributed by atoms with Crippen LogP contribution in [0.25, 0.3) is 0 Å².